The Kier molecular flexibility index (Phi) is 4.34. The molecule has 0 aliphatic rings. The Morgan fingerprint density at radius 1 is 1.14 bits per heavy atom. The van der Waals surface area contributed by atoms with Crippen LogP contribution in [0.1, 0.15) is 10.4 Å². The summed E-state index contributed by atoms with van der Waals surface area (Å²) in [6.45, 7) is 0. The first-order valence-electron chi connectivity index (χ1n) is 5.78. The van der Waals surface area contributed by atoms with E-state index < -0.39 is 21.6 Å². The predicted octanol–water partition coefficient (Wildman–Crippen LogP) is 3.08. The number of carboxylic acid groups (broad SMARTS) is 1. The Hall–Kier alpha value is -1.86. The van der Waals surface area contributed by atoms with Crippen LogP contribution in [0, 0.1) is 5.82 Å². The van der Waals surface area contributed by atoms with Gasteiger partial charge in [-0.25, -0.2) is 17.6 Å². The van der Waals surface area contributed by atoms with E-state index in [4.69, 9.17) is 5.11 Å². The second-order valence-electron chi connectivity index (χ2n) is 4.30. The van der Waals surface area contributed by atoms with Gasteiger partial charge in [-0.3, -0.25) is 0 Å². The highest BCUT2D eigenvalue weighted by Crippen LogP contribution is 2.31. The van der Waals surface area contributed by atoms with Crippen LogP contribution in [0.15, 0.2) is 57.2 Å². The van der Waals surface area contributed by atoms with Gasteiger partial charge in [0.1, 0.15) is 5.82 Å². The molecule has 0 aliphatic carbocycles. The van der Waals surface area contributed by atoms with Crippen LogP contribution in [0.3, 0.4) is 0 Å². The van der Waals surface area contributed by atoms with Crippen molar-refractivity contribution in [1.29, 1.82) is 0 Å². The van der Waals surface area contributed by atoms with Gasteiger partial charge in [0.15, 0.2) is 9.84 Å². The Labute approximate surface area is 125 Å². The van der Waals surface area contributed by atoms with Crippen molar-refractivity contribution in [2.45, 2.75) is 14.7 Å². The van der Waals surface area contributed by atoms with Crippen LogP contribution in [0.25, 0.3) is 0 Å². The maximum Gasteiger partial charge on any atom is 0.335 e. The van der Waals surface area contributed by atoms with Gasteiger partial charge in [0.05, 0.1) is 10.5 Å². The van der Waals surface area contributed by atoms with Gasteiger partial charge >= 0.3 is 5.97 Å². The average molecular weight is 326 g/mol. The van der Waals surface area contributed by atoms with Gasteiger partial charge in [-0.2, -0.15) is 0 Å². The third-order valence-electron chi connectivity index (χ3n) is 2.66. The Morgan fingerprint density at radius 3 is 2.29 bits per heavy atom. The zero-order chi connectivity index (χ0) is 15.6. The number of aromatic carboxylic acids is 1. The maximum atomic E-state index is 13.7. The van der Waals surface area contributed by atoms with E-state index >= 15 is 0 Å². The second-order valence-corrected chi connectivity index (χ2v) is 7.43. The monoisotopic (exact) mass is 326 g/mol. The molecule has 2 rings (SSSR count). The van der Waals surface area contributed by atoms with Crippen molar-refractivity contribution in [2.75, 3.05) is 6.26 Å². The van der Waals surface area contributed by atoms with E-state index in [2.05, 4.69) is 0 Å². The topological polar surface area (TPSA) is 71.4 Å². The van der Waals surface area contributed by atoms with E-state index in [9.17, 15) is 17.6 Å². The number of benzene rings is 2. The number of sulfone groups is 1. The molecule has 0 fully saturated rings. The summed E-state index contributed by atoms with van der Waals surface area (Å²) < 4.78 is 36.4. The SMILES string of the molecule is CS(=O)(=O)c1ccc(Sc2cc(C(=O)O)ccc2F)cc1. The summed E-state index contributed by atoms with van der Waals surface area (Å²) in [6.07, 6.45) is 1.10. The highest BCUT2D eigenvalue weighted by molar-refractivity contribution is 7.99. The minimum atomic E-state index is -3.28. The zero-order valence-corrected chi connectivity index (χ0v) is 12.5. The van der Waals surface area contributed by atoms with E-state index in [1.165, 1.54) is 24.3 Å². The first-order chi connectivity index (χ1) is 9.77. The molecule has 0 atom stereocenters. The van der Waals surface area contributed by atoms with Crippen molar-refractivity contribution in [3.05, 3.63) is 53.8 Å². The molecule has 0 saturated carbocycles. The summed E-state index contributed by atoms with van der Waals surface area (Å²) in [6, 6.07) is 9.48. The van der Waals surface area contributed by atoms with E-state index in [0.29, 0.717) is 4.90 Å². The molecule has 2 aromatic carbocycles. The van der Waals surface area contributed by atoms with Crippen molar-refractivity contribution in [2.24, 2.45) is 0 Å². The molecule has 0 aliphatic heterocycles. The van der Waals surface area contributed by atoms with E-state index in [-0.39, 0.29) is 15.4 Å². The molecule has 0 radical (unpaired) electrons. The highest BCUT2D eigenvalue weighted by Gasteiger charge is 2.11. The fourth-order valence-corrected chi connectivity index (χ4v) is 3.10. The normalized spacial score (nSPS) is 11.3. The molecule has 0 unspecified atom stereocenters. The smallest absolute Gasteiger partial charge is 0.335 e. The molecule has 7 heteroatoms. The van der Waals surface area contributed by atoms with Gasteiger partial charge in [-0.15, -0.1) is 0 Å². The minimum absolute atomic E-state index is 0.00773. The van der Waals surface area contributed by atoms with Gasteiger partial charge in [0.25, 0.3) is 0 Å². The molecule has 2 aromatic rings. The fourth-order valence-electron chi connectivity index (χ4n) is 1.60. The summed E-state index contributed by atoms with van der Waals surface area (Å²) in [5, 5.41) is 8.89. The number of rotatable bonds is 4. The van der Waals surface area contributed by atoms with E-state index in [1.54, 1.807) is 12.1 Å². The standard InChI is InChI=1S/C14H11FO4S2/c1-21(18,19)11-5-3-10(4-6-11)20-13-8-9(14(16)17)2-7-12(13)15/h2-8H,1H3,(H,16,17). The van der Waals surface area contributed by atoms with E-state index in [1.807, 2.05) is 0 Å². The predicted molar refractivity (Wildman–Crippen MR) is 77.0 cm³/mol. The Balaban J connectivity index is 2.30. The lowest BCUT2D eigenvalue weighted by atomic mass is 10.2. The quantitative estimate of drug-likeness (QED) is 0.935. The lowest BCUT2D eigenvalue weighted by molar-refractivity contribution is 0.0696. The summed E-state index contributed by atoms with van der Waals surface area (Å²) in [7, 11) is -3.28. The van der Waals surface area contributed by atoms with Gasteiger partial charge in [-0.1, -0.05) is 11.8 Å². The molecule has 110 valence electrons. The van der Waals surface area contributed by atoms with Gasteiger partial charge < -0.3 is 5.11 Å². The van der Waals surface area contributed by atoms with Crippen molar-refractivity contribution in [1.82, 2.24) is 0 Å². The van der Waals surface area contributed by atoms with Gasteiger partial charge in [0.2, 0.25) is 0 Å². The summed E-state index contributed by atoms with van der Waals surface area (Å²) in [5.41, 5.74) is -0.00773. The van der Waals surface area contributed by atoms with Crippen LogP contribution in [-0.2, 0) is 9.84 Å². The molecule has 0 spiro atoms. The number of hydrogen-bond donors (Lipinski definition) is 1. The molecule has 0 bridgehead atoms. The lowest BCUT2D eigenvalue weighted by Gasteiger charge is -2.05. The Bertz CT molecular complexity index is 783. The first kappa shape index (κ1) is 15.5. The molecular weight excluding hydrogens is 315 g/mol. The van der Waals surface area contributed by atoms with Crippen molar-refractivity contribution < 1.29 is 22.7 Å². The van der Waals surface area contributed by atoms with Crippen LogP contribution in [0.2, 0.25) is 0 Å². The number of carbonyl (C=O) groups is 1. The van der Waals surface area contributed by atoms with E-state index in [0.717, 1.165) is 24.1 Å². The third kappa shape index (κ3) is 3.83. The summed E-state index contributed by atoms with van der Waals surface area (Å²) in [4.78, 5) is 11.8. The van der Waals surface area contributed by atoms with Crippen LogP contribution >= 0.6 is 11.8 Å². The number of carboxylic acids is 1. The van der Waals surface area contributed by atoms with Crippen LogP contribution in [0.4, 0.5) is 4.39 Å². The van der Waals surface area contributed by atoms with Crippen LogP contribution in [0.5, 0.6) is 0 Å². The van der Waals surface area contributed by atoms with Crippen molar-refractivity contribution >= 4 is 27.6 Å². The largest absolute Gasteiger partial charge is 0.478 e. The van der Waals surface area contributed by atoms with Gasteiger partial charge in [0, 0.05) is 16.0 Å². The fraction of sp³-hybridized carbons (Fsp3) is 0.0714. The lowest BCUT2D eigenvalue weighted by Crippen LogP contribution is -1.97. The third-order valence-corrected chi connectivity index (χ3v) is 4.83. The molecule has 21 heavy (non-hydrogen) atoms. The van der Waals surface area contributed by atoms with Crippen molar-refractivity contribution in [3.8, 4) is 0 Å². The molecule has 4 nitrogen and oxygen atoms in total. The Morgan fingerprint density at radius 2 is 1.76 bits per heavy atom. The van der Waals surface area contributed by atoms with Gasteiger partial charge in [-0.05, 0) is 42.5 Å². The average Bonchev–Trinajstić information content (AvgIpc) is 2.40. The molecule has 0 amide bonds. The summed E-state index contributed by atoms with van der Waals surface area (Å²) >= 11 is 1.03. The molecular formula is C14H11FO4S2. The number of halogens is 1. The summed E-state index contributed by atoms with van der Waals surface area (Å²) in [5.74, 6) is -1.67. The molecule has 1 N–H and O–H groups in total. The first-order valence-corrected chi connectivity index (χ1v) is 8.49. The van der Waals surface area contributed by atoms with Crippen LogP contribution in [-0.4, -0.2) is 25.7 Å². The highest BCUT2D eigenvalue weighted by atomic mass is 32.2. The number of hydrogen-bond acceptors (Lipinski definition) is 4. The second kappa shape index (κ2) is 5.87. The zero-order valence-electron chi connectivity index (χ0n) is 10.9. The minimum Gasteiger partial charge on any atom is -0.478 e. The molecule has 0 heterocycles. The van der Waals surface area contributed by atoms with Crippen molar-refractivity contribution in [3.63, 3.8) is 0 Å². The maximum absolute atomic E-state index is 13.7. The van der Waals surface area contributed by atoms with Crippen LogP contribution < -0.4 is 0 Å². The molecule has 0 saturated heterocycles. The molecule has 0 aromatic heterocycles.